The van der Waals surface area contributed by atoms with Crippen LogP contribution in [0.5, 0.6) is 0 Å². The van der Waals surface area contributed by atoms with Crippen LogP contribution in [-0.4, -0.2) is 45.9 Å². The van der Waals surface area contributed by atoms with E-state index in [1.165, 1.54) is 14.2 Å². The zero-order valence-corrected chi connectivity index (χ0v) is 7.92. The van der Waals surface area contributed by atoms with Crippen molar-refractivity contribution in [2.24, 2.45) is 0 Å². The zero-order chi connectivity index (χ0) is 9.78. The van der Waals surface area contributed by atoms with E-state index in [0.717, 1.165) is 7.11 Å². The number of ether oxygens (including phenoxy) is 1. The van der Waals surface area contributed by atoms with E-state index in [1.54, 1.807) is 0 Å². The van der Waals surface area contributed by atoms with Crippen molar-refractivity contribution in [3.63, 3.8) is 0 Å². The fourth-order valence-corrected chi connectivity index (χ4v) is 1.24. The Morgan fingerprint density at radius 1 is 1.42 bits per heavy atom. The summed E-state index contributed by atoms with van der Waals surface area (Å²) in [5, 5.41) is 0. The number of hydrogen-bond donors (Lipinski definition) is 0. The van der Waals surface area contributed by atoms with Crippen molar-refractivity contribution in [2.45, 2.75) is 0 Å². The Kier molecular flexibility index (Phi) is 4.15. The first-order valence-corrected chi connectivity index (χ1v) is 4.62. The molecule has 0 unspecified atom stereocenters. The van der Waals surface area contributed by atoms with Crippen LogP contribution in [0.3, 0.4) is 0 Å². The number of hydrogen-bond acceptors (Lipinski definition) is 5. The van der Waals surface area contributed by atoms with Crippen LogP contribution in [0.4, 0.5) is 0 Å². The molecule has 0 amide bonds. The second-order valence-electron chi connectivity index (χ2n) is 1.92. The van der Waals surface area contributed by atoms with Crippen molar-refractivity contribution >= 4 is 16.0 Å². The molecule has 0 radical (unpaired) electrons. The summed E-state index contributed by atoms with van der Waals surface area (Å²) in [5.74, 6) is -1.53. The van der Waals surface area contributed by atoms with Gasteiger partial charge < -0.3 is 4.74 Å². The molecule has 0 aromatic heterocycles. The molecular formula is C5H11NO5S. The average molecular weight is 197 g/mol. The standard InChI is InChI=1S/C5H11NO5S/c1-6(11-3)12(8,9)4-5(7)10-2/h4H2,1-3H3. The number of hydroxylamine groups is 1. The maximum absolute atomic E-state index is 11.0. The van der Waals surface area contributed by atoms with Crippen molar-refractivity contribution in [1.29, 1.82) is 0 Å². The molecule has 0 aliphatic carbocycles. The highest BCUT2D eigenvalue weighted by atomic mass is 32.2. The van der Waals surface area contributed by atoms with Crippen LogP contribution in [0.15, 0.2) is 0 Å². The SMILES string of the molecule is COC(=O)CS(=O)(=O)N(C)OC. The maximum Gasteiger partial charge on any atom is 0.322 e. The molecule has 0 heterocycles. The van der Waals surface area contributed by atoms with E-state index in [0.29, 0.717) is 4.47 Å². The summed E-state index contributed by atoms with van der Waals surface area (Å²) in [6.07, 6.45) is 0. The van der Waals surface area contributed by atoms with Gasteiger partial charge in [0.2, 0.25) is 10.0 Å². The third-order valence-electron chi connectivity index (χ3n) is 1.18. The molecule has 0 fully saturated rings. The van der Waals surface area contributed by atoms with Crippen LogP contribution in [0.1, 0.15) is 0 Å². The lowest BCUT2D eigenvalue weighted by Crippen LogP contribution is -2.31. The predicted octanol–water partition coefficient (Wildman–Crippen LogP) is -1.02. The van der Waals surface area contributed by atoms with Crippen molar-refractivity contribution in [2.75, 3.05) is 27.0 Å². The number of sulfonamides is 1. The summed E-state index contributed by atoms with van der Waals surface area (Å²) in [6.45, 7) is 0. The van der Waals surface area contributed by atoms with Crippen LogP contribution >= 0.6 is 0 Å². The van der Waals surface area contributed by atoms with Crippen molar-refractivity contribution in [3.05, 3.63) is 0 Å². The van der Waals surface area contributed by atoms with Crippen LogP contribution < -0.4 is 0 Å². The van der Waals surface area contributed by atoms with Crippen molar-refractivity contribution in [1.82, 2.24) is 4.47 Å². The van der Waals surface area contributed by atoms with Crippen LogP contribution in [0.2, 0.25) is 0 Å². The van der Waals surface area contributed by atoms with Gasteiger partial charge in [0.15, 0.2) is 5.75 Å². The Balaban J connectivity index is 4.34. The maximum atomic E-state index is 11.0. The Hall–Kier alpha value is -0.660. The van der Waals surface area contributed by atoms with E-state index in [9.17, 15) is 13.2 Å². The number of nitrogens with zero attached hydrogens (tertiary/aromatic N) is 1. The molecule has 0 aromatic carbocycles. The third-order valence-corrected chi connectivity index (χ3v) is 2.71. The summed E-state index contributed by atoms with van der Waals surface area (Å²) in [4.78, 5) is 15.0. The van der Waals surface area contributed by atoms with Gasteiger partial charge in [0.1, 0.15) is 0 Å². The number of carbonyl (C=O) groups excluding carboxylic acids is 1. The lowest BCUT2D eigenvalue weighted by Gasteiger charge is -2.12. The van der Waals surface area contributed by atoms with Crippen LogP contribution in [0.25, 0.3) is 0 Å². The van der Waals surface area contributed by atoms with Gasteiger partial charge >= 0.3 is 5.97 Å². The van der Waals surface area contributed by atoms with Gasteiger partial charge in [-0.3, -0.25) is 9.63 Å². The van der Waals surface area contributed by atoms with Gasteiger partial charge in [-0.25, -0.2) is 8.42 Å². The normalized spacial score (nSPS) is 11.7. The monoisotopic (exact) mass is 197 g/mol. The molecule has 0 atom stereocenters. The van der Waals surface area contributed by atoms with Gasteiger partial charge in [0.05, 0.1) is 14.2 Å². The van der Waals surface area contributed by atoms with Crippen LogP contribution in [0, 0.1) is 0 Å². The lowest BCUT2D eigenvalue weighted by atomic mass is 10.8. The minimum atomic E-state index is -3.69. The minimum Gasteiger partial charge on any atom is -0.468 e. The first-order chi connectivity index (χ1) is 5.44. The Labute approximate surface area is 71.1 Å². The highest BCUT2D eigenvalue weighted by Crippen LogP contribution is 1.97. The Morgan fingerprint density at radius 3 is 2.25 bits per heavy atom. The summed E-state index contributed by atoms with van der Waals surface area (Å²) in [7, 11) is -0.187. The van der Waals surface area contributed by atoms with Gasteiger partial charge in [-0.15, -0.1) is 0 Å². The third kappa shape index (κ3) is 3.16. The Morgan fingerprint density at radius 2 is 1.92 bits per heavy atom. The van der Waals surface area contributed by atoms with E-state index in [-0.39, 0.29) is 0 Å². The first-order valence-electron chi connectivity index (χ1n) is 3.01. The summed E-state index contributed by atoms with van der Waals surface area (Å²) in [5.41, 5.74) is 0. The van der Waals surface area contributed by atoms with E-state index in [4.69, 9.17) is 0 Å². The average Bonchev–Trinajstić information content (AvgIpc) is 2.02. The molecule has 0 aliphatic rings. The molecule has 0 N–H and O–H groups in total. The summed E-state index contributed by atoms with van der Waals surface area (Å²) >= 11 is 0. The van der Waals surface area contributed by atoms with E-state index in [1.807, 2.05) is 0 Å². The first kappa shape index (κ1) is 11.3. The van der Waals surface area contributed by atoms with Gasteiger partial charge in [0, 0.05) is 7.05 Å². The molecule has 7 heteroatoms. The fraction of sp³-hybridized carbons (Fsp3) is 0.800. The highest BCUT2D eigenvalue weighted by Gasteiger charge is 2.22. The van der Waals surface area contributed by atoms with Gasteiger partial charge in [-0.05, 0) is 0 Å². The summed E-state index contributed by atoms with van der Waals surface area (Å²) in [6, 6.07) is 0. The van der Waals surface area contributed by atoms with E-state index >= 15 is 0 Å². The van der Waals surface area contributed by atoms with Crippen molar-refractivity contribution < 1.29 is 22.8 Å². The number of methoxy groups -OCH3 is 1. The zero-order valence-electron chi connectivity index (χ0n) is 7.10. The predicted molar refractivity (Wildman–Crippen MR) is 40.6 cm³/mol. The molecule has 0 aliphatic heterocycles. The minimum absolute atomic E-state index is 0.601. The highest BCUT2D eigenvalue weighted by molar-refractivity contribution is 7.89. The van der Waals surface area contributed by atoms with Crippen LogP contribution in [-0.2, 0) is 24.4 Å². The van der Waals surface area contributed by atoms with E-state index < -0.39 is 21.7 Å². The number of esters is 1. The van der Waals surface area contributed by atoms with Gasteiger partial charge in [-0.1, -0.05) is 4.47 Å². The largest absolute Gasteiger partial charge is 0.468 e. The molecule has 0 rings (SSSR count). The second-order valence-corrected chi connectivity index (χ2v) is 3.89. The molecular weight excluding hydrogens is 186 g/mol. The van der Waals surface area contributed by atoms with Crippen molar-refractivity contribution in [3.8, 4) is 0 Å². The fourth-order valence-electron chi connectivity index (χ4n) is 0.412. The molecule has 0 aromatic rings. The Bertz CT molecular complexity index is 247. The quantitative estimate of drug-likeness (QED) is 0.426. The van der Waals surface area contributed by atoms with E-state index in [2.05, 4.69) is 9.57 Å². The van der Waals surface area contributed by atoms with Gasteiger partial charge in [0.25, 0.3) is 0 Å². The second kappa shape index (κ2) is 4.39. The summed E-state index contributed by atoms with van der Waals surface area (Å²) < 4.78 is 26.8. The van der Waals surface area contributed by atoms with Gasteiger partial charge in [-0.2, -0.15) is 0 Å². The molecule has 0 bridgehead atoms. The number of rotatable bonds is 4. The molecule has 72 valence electrons. The topological polar surface area (TPSA) is 72.9 Å². The smallest absolute Gasteiger partial charge is 0.322 e. The lowest BCUT2D eigenvalue weighted by molar-refractivity contribution is -0.137. The molecule has 12 heavy (non-hydrogen) atoms. The molecule has 0 saturated carbocycles. The molecule has 0 saturated heterocycles. The molecule has 6 nitrogen and oxygen atoms in total. The molecule has 0 spiro atoms. The number of carbonyl (C=O) groups is 1.